The number of imidazole rings is 1. The lowest BCUT2D eigenvalue weighted by Crippen LogP contribution is -1.99. The Labute approximate surface area is 87.2 Å². The molecule has 0 unspecified atom stereocenters. The highest BCUT2D eigenvalue weighted by Gasteiger charge is 2.01. The lowest BCUT2D eigenvalue weighted by Gasteiger charge is -2.01. The molecule has 0 fully saturated rings. The van der Waals surface area contributed by atoms with E-state index in [1.54, 1.807) is 11.3 Å². The van der Waals surface area contributed by atoms with Crippen LogP contribution < -0.4 is 5.73 Å². The summed E-state index contributed by atoms with van der Waals surface area (Å²) in [4.78, 5) is 5.42. The Bertz CT molecular complexity index is 416. The highest BCUT2D eigenvalue weighted by Crippen LogP contribution is 2.15. The average Bonchev–Trinajstić information content (AvgIpc) is 2.77. The number of hydrogen-bond acceptors (Lipinski definition) is 3. The molecule has 2 aromatic rings. The van der Waals surface area contributed by atoms with Crippen LogP contribution in [0.25, 0.3) is 0 Å². The fourth-order valence-corrected chi connectivity index (χ4v) is 2.14. The highest BCUT2D eigenvalue weighted by molar-refractivity contribution is 7.10. The van der Waals surface area contributed by atoms with Crippen molar-refractivity contribution in [2.24, 2.45) is 5.73 Å². The third kappa shape index (κ3) is 1.86. The van der Waals surface area contributed by atoms with Crippen LogP contribution in [0, 0.1) is 6.92 Å². The van der Waals surface area contributed by atoms with E-state index in [0.717, 1.165) is 12.4 Å². The van der Waals surface area contributed by atoms with Crippen LogP contribution in [0.1, 0.15) is 16.3 Å². The SMILES string of the molecule is Cc1nccn1Cc1csc(CN)c1. The van der Waals surface area contributed by atoms with Crippen molar-refractivity contribution in [2.45, 2.75) is 20.0 Å². The molecule has 4 heteroatoms. The van der Waals surface area contributed by atoms with Gasteiger partial charge >= 0.3 is 0 Å². The van der Waals surface area contributed by atoms with Gasteiger partial charge < -0.3 is 10.3 Å². The van der Waals surface area contributed by atoms with E-state index in [1.165, 1.54) is 10.4 Å². The van der Waals surface area contributed by atoms with Gasteiger partial charge in [-0.2, -0.15) is 0 Å². The van der Waals surface area contributed by atoms with Gasteiger partial charge in [-0.05, 0) is 23.9 Å². The van der Waals surface area contributed by atoms with Crippen LogP contribution in [0.3, 0.4) is 0 Å². The third-order valence-electron chi connectivity index (χ3n) is 2.19. The number of nitrogens with zero attached hydrogens (tertiary/aromatic N) is 2. The summed E-state index contributed by atoms with van der Waals surface area (Å²) in [6.07, 6.45) is 3.82. The summed E-state index contributed by atoms with van der Waals surface area (Å²) in [5.74, 6) is 1.05. The van der Waals surface area contributed by atoms with E-state index < -0.39 is 0 Å². The molecule has 14 heavy (non-hydrogen) atoms. The van der Waals surface area contributed by atoms with Gasteiger partial charge in [0, 0.05) is 30.4 Å². The zero-order valence-corrected chi connectivity index (χ0v) is 8.92. The van der Waals surface area contributed by atoms with Crippen LogP contribution in [0.2, 0.25) is 0 Å². The second-order valence-corrected chi connectivity index (χ2v) is 4.22. The van der Waals surface area contributed by atoms with Crippen LogP contribution in [-0.2, 0) is 13.1 Å². The molecule has 0 saturated carbocycles. The molecule has 0 aliphatic carbocycles. The summed E-state index contributed by atoms with van der Waals surface area (Å²) < 4.78 is 2.13. The van der Waals surface area contributed by atoms with Crippen molar-refractivity contribution >= 4 is 11.3 Å². The van der Waals surface area contributed by atoms with Gasteiger partial charge in [-0.25, -0.2) is 4.98 Å². The second kappa shape index (κ2) is 3.94. The molecule has 2 heterocycles. The topological polar surface area (TPSA) is 43.8 Å². The fraction of sp³-hybridized carbons (Fsp3) is 0.300. The van der Waals surface area contributed by atoms with Crippen LogP contribution in [0.4, 0.5) is 0 Å². The molecule has 3 nitrogen and oxygen atoms in total. The average molecular weight is 207 g/mol. The van der Waals surface area contributed by atoms with Crippen molar-refractivity contribution in [3.05, 3.63) is 40.1 Å². The van der Waals surface area contributed by atoms with Crippen LogP contribution in [-0.4, -0.2) is 9.55 Å². The van der Waals surface area contributed by atoms with Crippen LogP contribution in [0.15, 0.2) is 23.8 Å². The molecule has 2 rings (SSSR count). The van der Waals surface area contributed by atoms with Crippen molar-refractivity contribution in [3.8, 4) is 0 Å². The van der Waals surface area contributed by atoms with E-state index in [-0.39, 0.29) is 0 Å². The minimum absolute atomic E-state index is 0.633. The first kappa shape index (κ1) is 9.43. The lowest BCUT2D eigenvalue weighted by molar-refractivity contribution is 0.763. The summed E-state index contributed by atoms with van der Waals surface area (Å²) >= 11 is 1.72. The summed E-state index contributed by atoms with van der Waals surface area (Å²) in [5, 5.41) is 2.15. The van der Waals surface area contributed by atoms with Crippen molar-refractivity contribution in [1.82, 2.24) is 9.55 Å². The maximum Gasteiger partial charge on any atom is 0.105 e. The molecule has 0 saturated heterocycles. The van der Waals surface area contributed by atoms with E-state index in [1.807, 2.05) is 19.3 Å². The monoisotopic (exact) mass is 207 g/mol. The second-order valence-electron chi connectivity index (χ2n) is 3.23. The van der Waals surface area contributed by atoms with Crippen molar-refractivity contribution in [2.75, 3.05) is 0 Å². The van der Waals surface area contributed by atoms with Gasteiger partial charge in [0.15, 0.2) is 0 Å². The van der Waals surface area contributed by atoms with Gasteiger partial charge in [-0.15, -0.1) is 11.3 Å². The molecule has 0 amide bonds. The van der Waals surface area contributed by atoms with Gasteiger partial charge in [0.1, 0.15) is 5.82 Å². The Morgan fingerprint density at radius 3 is 3.00 bits per heavy atom. The van der Waals surface area contributed by atoms with Crippen molar-refractivity contribution in [3.63, 3.8) is 0 Å². The molecule has 0 aromatic carbocycles. The Kier molecular flexibility index (Phi) is 2.65. The number of nitrogens with two attached hydrogens (primary N) is 1. The number of hydrogen-bond donors (Lipinski definition) is 1. The maximum absolute atomic E-state index is 5.56. The van der Waals surface area contributed by atoms with E-state index in [2.05, 4.69) is 21.0 Å². The smallest absolute Gasteiger partial charge is 0.105 e. The predicted octanol–water partition coefficient (Wildman–Crippen LogP) is 1.76. The number of aryl methyl sites for hydroxylation is 1. The molecule has 0 aliphatic rings. The van der Waals surface area contributed by atoms with Gasteiger partial charge in [-0.1, -0.05) is 0 Å². The zero-order chi connectivity index (χ0) is 9.97. The van der Waals surface area contributed by atoms with Gasteiger partial charge in [-0.3, -0.25) is 0 Å². The van der Waals surface area contributed by atoms with Crippen molar-refractivity contribution in [1.29, 1.82) is 0 Å². The maximum atomic E-state index is 5.56. The predicted molar refractivity (Wildman–Crippen MR) is 58.3 cm³/mol. The molecule has 74 valence electrons. The summed E-state index contributed by atoms with van der Waals surface area (Å²) in [5.41, 5.74) is 6.86. The first-order chi connectivity index (χ1) is 6.79. The number of rotatable bonds is 3. The molecule has 2 aromatic heterocycles. The lowest BCUT2D eigenvalue weighted by atomic mass is 10.3. The summed E-state index contributed by atoms with van der Waals surface area (Å²) in [7, 11) is 0. The Morgan fingerprint density at radius 2 is 2.43 bits per heavy atom. The van der Waals surface area contributed by atoms with Crippen molar-refractivity contribution < 1.29 is 0 Å². The molecular formula is C10H13N3S. The molecule has 0 radical (unpaired) electrons. The molecular weight excluding hydrogens is 194 g/mol. The highest BCUT2D eigenvalue weighted by atomic mass is 32.1. The quantitative estimate of drug-likeness (QED) is 0.833. The summed E-state index contributed by atoms with van der Waals surface area (Å²) in [6, 6.07) is 2.16. The minimum atomic E-state index is 0.633. The van der Waals surface area contributed by atoms with Gasteiger partial charge in [0.25, 0.3) is 0 Å². The first-order valence-corrected chi connectivity index (χ1v) is 5.41. The van der Waals surface area contributed by atoms with E-state index >= 15 is 0 Å². The Balaban J connectivity index is 2.15. The standard InChI is InChI=1S/C10H13N3S/c1-8-12-2-3-13(8)6-9-4-10(5-11)14-7-9/h2-4,7H,5-6,11H2,1H3. The first-order valence-electron chi connectivity index (χ1n) is 4.53. The van der Waals surface area contributed by atoms with Crippen LogP contribution in [0.5, 0.6) is 0 Å². The minimum Gasteiger partial charge on any atom is -0.331 e. The number of aromatic nitrogens is 2. The summed E-state index contributed by atoms with van der Waals surface area (Å²) in [6.45, 7) is 3.53. The van der Waals surface area contributed by atoms with E-state index in [0.29, 0.717) is 6.54 Å². The van der Waals surface area contributed by atoms with Gasteiger partial charge in [0.05, 0.1) is 0 Å². The van der Waals surface area contributed by atoms with Gasteiger partial charge in [0.2, 0.25) is 0 Å². The largest absolute Gasteiger partial charge is 0.331 e. The molecule has 0 atom stereocenters. The van der Waals surface area contributed by atoms with Crippen LogP contribution >= 0.6 is 11.3 Å². The molecule has 0 bridgehead atoms. The molecule has 2 N–H and O–H groups in total. The zero-order valence-electron chi connectivity index (χ0n) is 8.10. The van der Waals surface area contributed by atoms with E-state index in [4.69, 9.17) is 5.73 Å². The number of thiophene rings is 1. The fourth-order valence-electron chi connectivity index (χ4n) is 1.38. The molecule has 0 spiro atoms. The Hall–Kier alpha value is -1.13. The molecule has 0 aliphatic heterocycles. The van der Waals surface area contributed by atoms with E-state index in [9.17, 15) is 0 Å². The third-order valence-corrected chi connectivity index (χ3v) is 3.19. The normalized spacial score (nSPS) is 10.7. The Morgan fingerprint density at radius 1 is 1.57 bits per heavy atom.